The molecule has 49 heavy (non-hydrogen) atoms. The quantitative estimate of drug-likeness (QED) is 0.169. The van der Waals surface area contributed by atoms with Gasteiger partial charge in [0.2, 0.25) is 0 Å². The van der Waals surface area contributed by atoms with Gasteiger partial charge in [-0.15, -0.1) is 0 Å². The molecule has 1 aromatic rings. The molecule has 1 rings (SSSR count). The molecule has 0 saturated heterocycles. The third-order valence-corrected chi connectivity index (χ3v) is 7.61. The standard InChI is InChI=1S/C24H22F20O4S/c1-13(2,3)10-7-8-12(11(9-10)14(4,5)6)48-23(41,42)21(37,38)19(33,34)17(29,30)15(25,26)16(27,28)18(31,32)20(35,36)22(39,40)24(43,44)49(45,46)47/h7-9H,1-6H3,(H,45,46,47). The van der Waals surface area contributed by atoms with Crippen LogP contribution in [0.3, 0.4) is 0 Å². The van der Waals surface area contributed by atoms with E-state index in [4.69, 9.17) is 4.55 Å². The molecule has 0 saturated carbocycles. The van der Waals surface area contributed by atoms with E-state index < -0.39 is 91.0 Å². The number of alkyl halides is 20. The number of rotatable bonds is 12. The first-order valence-corrected chi connectivity index (χ1v) is 13.8. The van der Waals surface area contributed by atoms with E-state index in [9.17, 15) is 96.2 Å². The second-order valence-electron chi connectivity index (χ2n) is 12.4. The average molecular weight is 786 g/mol. The Morgan fingerprint density at radius 1 is 0.490 bits per heavy atom. The van der Waals surface area contributed by atoms with Gasteiger partial charge in [0, 0.05) is 5.56 Å². The van der Waals surface area contributed by atoms with Gasteiger partial charge in [-0.25, -0.2) is 0 Å². The third-order valence-electron chi connectivity index (χ3n) is 6.71. The van der Waals surface area contributed by atoms with Crippen LogP contribution in [0.2, 0.25) is 0 Å². The highest BCUT2D eigenvalue weighted by molar-refractivity contribution is 7.87. The zero-order chi connectivity index (χ0) is 40.1. The van der Waals surface area contributed by atoms with Gasteiger partial charge >= 0.3 is 68.9 Å². The number of halogens is 20. The summed E-state index contributed by atoms with van der Waals surface area (Å²) in [5.74, 6) is -73.6. The monoisotopic (exact) mass is 786 g/mol. The maximum atomic E-state index is 14.6. The van der Waals surface area contributed by atoms with E-state index in [0.717, 1.165) is 32.9 Å². The number of hydrogen-bond donors (Lipinski definition) is 1. The second kappa shape index (κ2) is 11.5. The lowest BCUT2D eigenvalue weighted by atomic mass is 9.80. The Bertz CT molecular complexity index is 1500. The van der Waals surface area contributed by atoms with Crippen LogP contribution < -0.4 is 4.74 Å². The Labute approximate surface area is 262 Å². The predicted molar refractivity (Wildman–Crippen MR) is 125 cm³/mol. The van der Waals surface area contributed by atoms with Gasteiger partial charge in [-0.1, -0.05) is 53.7 Å². The van der Waals surface area contributed by atoms with Crippen molar-refractivity contribution in [1.82, 2.24) is 0 Å². The third kappa shape index (κ3) is 6.25. The summed E-state index contributed by atoms with van der Waals surface area (Å²) in [6, 6.07) is 2.12. The highest BCUT2D eigenvalue weighted by Gasteiger charge is 2.98. The summed E-state index contributed by atoms with van der Waals surface area (Å²) >= 11 is 0. The van der Waals surface area contributed by atoms with Crippen molar-refractivity contribution in [2.75, 3.05) is 0 Å². The summed E-state index contributed by atoms with van der Waals surface area (Å²) in [7, 11) is -8.11. The van der Waals surface area contributed by atoms with Gasteiger partial charge in [-0.3, -0.25) is 4.55 Å². The van der Waals surface area contributed by atoms with Crippen LogP contribution in [0.4, 0.5) is 87.8 Å². The minimum atomic E-state index is -9.36. The molecule has 0 unspecified atom stereocenters. The maximum absolute atomic E-state index is 14.6. The molecule has 0 heterocycles. The molecule has 1 N–H and O–H groups in total. The van der Waals surface area contributed by atoms with Gasteiger partial charge in [0.05, 0.1) is 0 Å². The average Bonchev–Trinajstić information content (AvgIpc) is 2.85. The molecule has 0 fully saturated rings. The predicted octanol–water partition coefficient (Wildman–Crippen LogP) is 9.82. The van der Waals surface area contributed by atoms with Crippen molar-refractivity contribution in [2.45, 2.75) is 111 Å². The molecule has 0 bridgehead atoms. The first-order valence-electron chi connectivity index (χ1n) is 12.4. The van der Waals surface area contributed by atoms with Crippen LogP contribution in [0.1, 0.15) is 52.7 Å². The molecule has 1 aromatic carbocycles. The molecule has 0 atom stereocenters. The van der Waals surface area contributed by atoms with Crippen LogP contribution in [-0.4, -0.2) is 71.7 Å². The smallest absolute Gasteiger partial charge is 0.428 e. The Morgan fingerprint density at radius 3 is 1.08 bits per heavy atom. The largest absolute Gasteiger partial charge is 0.471 e. The topological polar surface area (TPSA) is 63.6 Å². The summed E-state index contributed by atoms with van der Waals surface area (Å²) in [6.07, 6.45) is -7.24. The molecular weight excluding hydrogens is 764 g/mol. The molecule has 25 heteroatoms. The fourth-order valence-corrected chi connectivity index (χ4v) is 4.04. The van der Waals surface area contributed by atoms with Crippen LogP contribution in [0, 0.1) is 0 Å². The van der Waals surface area contributed by atoms with Crippen LogP contribution in [-0.2, 0) is 20.9 Å². The molecule has 0 spiro atoms. The minimum absolute atomic E-state index is 0.191. The Kier molecular flexibility index (Phi) is 10.5. The van der Waals surface area contributed by atoms with E-state index >= 15 is 0 Å². The van der Waals surface area contributed by atoms with Gasteiger partial charge < -0.3 is 4.74 Å². The van der Waals surface area contributed by atoms with Crippen molar-refractivity contribution in [3.05, 3.63) is 29.3 Å². The molecular formula is C24H22F20O4S. The van der Waals surface area contributed by atoms with Crippen molar-refractivity contribution in [3.63, 3.8) is 0 Å². The number of benzene rings is 1. The van der Waals surface area contributed by atoms with Crippen molar-refractivity contribution >= 4 is 10.1 Å². The summed E-state index contributed by atoms with van der Waals surface area (Å²) in [5, 5.41) is -8.06. The van der Waals surface area contributed by atoms with E-state index in [1.54, 1.807) is 0 Å². The van der Waals surface area contributed by atoms with Crippen LogP contribution in [0.5, 0.6) is 5.75 Å². The first kappa shape index (κ1) is 44.6. The molecule has 0 amide bonds. The Balaban J connectivity index is 3.91. The van der Waals surface area contributed by atoms with Crippen LogP contribution in [0.15, 0.2) is 18.2 Å². The second-order valence-corrected chi connectivity index (χ2v) is 13.9. The maximum Gasteiger partial charge on any atom is 0.471 e. The number of hydrogen-bond acceptors (Lipinski definition) is 3. The normalized spacial score (nSPS) is 16.2. The van der Waals surface area contributed by atoms with Crippen LogP contribution in [0.25, 0.3) is 0 Å². The van der Waals surface area contributed by atoms with E-state index in [2.05, 4.69) is 4.74 Å². The van der Waals surface area contributed by atoms with Gasteiger partial charge in [-0.2, -0.15) is 96.2 Å². The van der Waals surface area contributed by atoms with E-state index in [-0.39, 0.29) is 5.56 Å². The molecule has 0 aliphatic rings. The van der Waals surface area contributed by atoms with Gasteiger partial charge in [0.1, 0.15) is 5.75 Å². The van der Waals surface area contributed by atoms with Crippen LogP contribution >= 0.6 is 0 Å². The molecule has 0 aliphatic carbocycles. The van der Waals surface area contributed by atoms with E-state index in [1.165, 1.54) is 20.8 Å². The fraction of sp³-hybridized carbons (Fsp3) is 0.750. The van der Waals surface area contributed by atoms with E-state index in [1.807, 2.05) is 0 Å². The first-order chi connectivity index (χ1) is 20.8. The summed E-state index contributed by atoms with van der Waals surface area (Å²) in [4.78, 5) is 0. The highest BCUT2D eigenvalue weighted by atomic mass is 32.2. The summed E-state index contributed by atoms with van der Waals surface area (Å²) in [6.45, 7) is 7.93. The molecule has 0 radical (unpaired) electrons. The van der Waals surface area contributed by atoms with Crippen molar-refractivity contribution in [2.24, 2.45) is 0 Å². The van der Waals surface area contributed by atoms with Crippen molar-refractivity contribution in [1.29, 1.82) is 0 Å². The Hall–Kier alpha value is -2.47. The molecule has 288 valence electrons. The SMILES string of the molecule is CC(C)(C)c1ccc(OC(F)(F)C(F)(F)C(F)(F)C(F)(F)C(F)(F)C(F)(F)C(F)(F)C(F)(F)C(F)(F)C(F)(F)S(=O)(=O)O)c(C(C)(C)C)c1. The zero-order valence-electron chi connectivity index (χ0n) is 24.9. The van der Waals surface area contributed by atoms with Gasteiger partial charge in [-0.05, 0) is 22.5 Å². The lowest BCUT2D eigenvalue weighted by molar-refractivity contribution is -0.474. The zero-order valence-corrected chi connectivity index (χ0v) is 25.7. The van der Waals surface area contributed by atoms with Gasteiger partial charge in [0.15, 0.2) is 0 Å². The number of ether oxygens (including phenoxy) is 1. The highest BCUT2D eigenvalue weighted by Crippen LogP contribution is 2.66. The molecule has 4 nitrogen and oxygen atoms in total. The summed E-state index contributed by atoms with van der Waals surface area (Å²) in [5.41, 5.74) is -2.78. The van der Waals surface area contributed by atoms with Crippen molar-refractivity contribution in [3.8, 4) is 5.75 Å². The van der Waals surface area contributed by atoms with Crippen molar-refractivity contribution < 1.29 is 106 Å². The Morgan fingerprint density at radius 2 is 0.796 bits per heavy atom. The molecule has 0 aliphatic heterocycles. The fourth-order valence-electron chi connectivity index (χ4n) is 3.58. The lowest BCUT2D eigenvalue weighted by Crippen LogP contribution is -2.77. The minimum Gasteiger partial charge on any atom is -0.428 e. The molecule has 0 aromatic heterocycles. The van der Waals surface area contributed by atoms with E-state index in [0.29, 0.717) is 6.07 Å². The lowest BCUT2D eigenvalue weighted by Gasteiger charge is -2.44. The summed E-state index contributed by atoms with van der Waals surface area (Å²) < 4.78 is 312. The van der Waals surface area contributed by atoms with Gasteiger partial charge in [0.25, 0.3) is 0 Å².